The molecule has 12 heteroatoms. The molecular formula is C23H25N5O7. The van der Waals surface area contributed by atoms with Crippen molar-refractivity contribution < 1.29 is 28.5 Å². The number of esters is 1. The number of amides is 1. The minimum absolute atomic E-state index is 0.00469. The van der Waals surface area contributed by atoms with Crippen LogP contribution in [0.15, 0.2) is 41.5 Å². The maximum absolute atomic E-state index is 12.9. The fraction of sp³-hybridized carbons (Fsp3) is 0.435. The van der Waals surface area contributed by atoms with Crippen LogP contribution in [0.5, 0.6) is 0 Å². The van der Waals surface area contributed by atoms with E-state index in [9.17, 15) is 14.4 Å². The average molecular weight is 483 g/mol. The van der Waals surface area contributed by atoms with E-state index < -0.39 is 29.5 Å². The molecule has 0 radical (unpaired) electrons. The Bertz CT molecular complexity index is 1310. The first-order chi connectivity index (χ1) is 16.9. The van der Waals surface area contributed by atoms with Crippen molar-refractivity contribution in [1.82, 2.24) is 19.5 Å². The van der Waals surface area contributed by atoms with E-state index in [0.29, 0.717) is 13.2 Å². The lowest BCUT2D eigenvalue weighted by molar-refractivity contribution is -0.193. The van der Waals surface area contributed by atoms with Gasteiger partial charge in [-0.15, -0.1) is 0 Å². The molecule has 2 N–H and O–H groups in total. The highest BCUT2D eigenvalue weighted by Gasteiger charge is 2.60. The monoisotopic (exact) mass is 483 g/mol. The number of nitrogens with zero attached hydrogens (tertiary/aromatic N) is 3. The quantitative estimate of drug-likeness (QED) is 0.472. The van der Waals surface area contributed by atoms with Crippen LogP contribution in [0.2, 0.25) is 0 Å². The number of imidazole rings is 1. The van der Waals surface area contributed by atoms with Crippen molar-refractivity contribution in [2.24, 2.45) is 5.92 Å². The summed E-state index contributed by atoms with van der Waals surface area (Å²) in [4.78, 5) is 46.9. The van der Waals surface area contributed by atoms with Gasteiger partial charge >= 0.3 is 5.97 Å². The van der Waals surface area contributed by atoms with E-state index in [1.54, 1.807) is 4.57 Å². The van der Waals surface area contributed by atoms with Gasteiger partial charge < -0.3 is 18.9 Å². The number of hydrogen-bond donors (Lipinski definition) is 2. The number of aromatic nitrogens is 4. The van der Waals surface area contributed by atoms with Gasteiger partial charge in [0.1, 0.15) is 18.9 Å². The molecule has 2 saturated heterocycles. The lowest BCUT2D eigenvalue weighted by atomic mass is 9.88. The zero-order chi connectivity index (χ0) is 24.6. The number of hydrogen-bond acceptors (Lipinski definition) is 9. The van der Waals surface area contributed by atoms with Crippen molar-refractivity contribution in [3.8, 4) is 0 Å². The summed E-state index contributed by atoms with van der Waals surface area (Å²) in [6.45, 7) is 3.36. The third kappa shape index (κ3) is 4.43. The minimum atomic E-state index is -1.07. The first-order valence-electron chi connectivity index (χ1n) is 11.2. The molecule has 3 aromatic rings. The van der Waals surface area contributed by atoms with E-state index >= 15 is 0 Å². The van der Waals surface area contributed by atoms with Crippen molar-refractivity contribution in [2.75, 3.05) is 25.1 Å². The second-order valence-corrected chi connectivity index (χ2v) is 8.67. The predicted molar refractivity (Wildman–Crippen MR) is 121 cm³/mol. The summed E-state index contributed by atoms with van der Waals surface area (Å²) in [6.07, 6.45) is 0.293. The third-order valence-electron chi connectivity index (χ3n) is 6.09. The van der Waals surface area contributed by atoms with Crippen LogP contribution in [-0.2, 0) is 35.1 Å². The Hall–Kier alpha value is -3.61. The SMILES string of the molecule is CC(=O)Nc1nc2ncn([C@@H]3O[C@@]4(COC(C)=O)COC[C@@H]3[C@@H]4OCc3ccccc3)c2c(=O)[nH]1. The largest absolute Gasteiger partial charge is 0.463 e. The smallest absolute Gasteiger partial charge is 0.302 e. The standard InChI is InChI=1S/C23H25N5O7/c1-13(29)25-22-26-19-17(20(31)27-22)28(12-24-19)21-16-9-32-10-23(35-21,11-34-14(2)30)18(16)33-8-15-6-4-3-5-7-15/h3-7,12,16,18,21H,8-11H2,1-2H3,(H2,25,26,27,29,31)/t16-,18+,21-,23-/m1/s1. The van der Waals surface area contributed by atoms with Gasteiger partial charge in [-0.3, -0.25) is 29.3 Å². The van der Waals surface area contributed by atoms with Gasteiger partial charge in [0.05, 0.1) is 32.1 Å². The number of benzene rings is 1. The van der Waals surface area contributed by atoms with Crippen molar-refractivity contribution >= 4 is 29.0 Å². The Morgan fingerprint density at radius 2 is 2.09 bits per heavy atom. The van der Waals surface area contributed by atoms with Gasteiger partial charge in [0.15, 0.2) is 16.8 Å². The van der Waals surface area contributed by atoms with Crippen molar-refractivity contribution in [3.05, 3.63) is 52.6 Å². The Labute approximate surface area is 199 Å². The Kier molecular flexibility index (Phi) is 6.09. The van der Waals surface area contributed by atoms with Gasteiger partial charge in [-0.2, -0.15) is 4.98 Å². The number of anilines is 1. The van der Waals surface area contributed by atoms with E-state index in [1.165, 1.54) is 20.2 Å². The maximum atomic E-state index is 12.9. The number of carbonyl (C=O) groups excluding carboxylic acids is 2. The number of ether oxygens (including phenoxy) is 4. The summed E-state index contributed by atoms with van der Waals surface area (Å²) in [5, 5.41) is 2.45. The molecule has 2 aromatic heterocycles. The summed E-state index contributed by atoms with van der Waals surface area (Å²) >= 11 is 0. The molecule has 4 atom stereocenters. The number of nitrogens with one attached hydrogen (secondary N) is 2. The van der Waals surface area contributed by atoms with Crippen LogP contribution in [0.1, 0.15) is 25.6 Å². The number of aromatic amines is 1. The molecule has 0 unspecified atom stereocenters. The highest BCUT2D eigenvalue weighted by Crippen LogP contribution is 2.47. The van der Waals surface area contributed by atoms with E-state index in [1.807, 2.05) is 30.3 Å². The Morgan fingerprint density at radius 3 is 2.83 bits per heavy atom. The summed E-state index contributed by atoms with van der Waals surface area (Å²) in [7, 11) is 0. The van der Waals surface area contributed by atoms with Crippen LogP contribution < -0.4 is 10.9 Å². The van der Waals surface area contributed by atoms with E-state index in [-0.39, 0.29) is 42.2 Å². The highest BCUT2D eigenvalue weighted by atomic mass is 16.6. The fourth-order valence-electron chi connectivity index (χ4n) is 4.64. The number of carbonyl (C=O) groups is 2. The maximum Gasteiger partial charge on any atom is 0.302 e. The van der Waals surface area contributed by atoms with E-state index in [0.717, 1.165) is 5.56 Å². The van der Waals surface area contributed by atoms with E-state index in [2.05, 4.69) is 20.3 Å². The summed E-state index contributed by atoms with van der Waals surface area (Å²) in [5.74, 6) is -1.14. The molecule has 1 amide bonds. The molecule has 5 rings (SSSR count). The summed E-state index contributed by atoms with van der Waals surface area (Å²) in [6, 6.07) is 9.70. The molecule has 1 aromatic carbocycles. The molecular weight excluding hydrogens is 458 g/mol. The number of H-pyrrole nitrogens is 1. The Morgan fingerprint density at radius 1 is 1.29 bits per heavy atom. The van der Waals surface area contributed by atoms with Gasteiger partial charge in [-0.05, 0) is 5.56 Å². The second-order valence-electron chi connectivity index (χ2n) is 8.67. The van der Waals surface area contributed by atoms with Crippen molar-refractivity contribution in [2.45, 2.75) is 38.4 Å². The molecule has 0 aliphatic carbocycles. The van der Waals surface area contributed by atoms with Crippen LogP contribution in [0, 0.1) is 5.92 Å². The lowest BCUT2D eigenvalue weighted by Gasteiger charge is -2.37. The fourth-order valence-corrected chi connectivity index (χ4v) is 4.64. The van der Waals surface area contributed by atoms with Crippen LogP contribution in [0.25, 0.3) is 11.2 Å². The second kappa shape index (κ2) is 9.21. The zero-order valence-corrected chi connectivity index (χ0v) is 19.2. The molecule has 0 spiro atoms. The first kappa shape index (κ1) is 23.1. The third-order valence-corrected chi connectivity index (χ3v) is 6.09. The van der Waals surface area contributed by atoms with Gasteiger partial charge in [-0.25, -0.2) is 4.98 Å². The van der Waals surface area contributed by atoms with Crippen LogP contribution >= 0.6 is 0 Å². The minimum Gasteiger partial charge on any atom is -0.463 e. The molecule has 184 valence electrons. The van der Waals surface area contributed by atoms with E-state index in [4.69, 9.17) is 18.9 Å². The zero-order valence-electron chi connectivity index (χ0n) is 19.2. The average Bonchev–Trinajstić information content (AvgIpc) is 3.31. The summed E-state index contributed by atoms with van der Waals surface area (Å²) < 4.78 is 25.6. The molecule has 2 fully saturated rings. The van der Waals surface area contributed by atoms with Gasteiger partial charge in [0, 0.05) is 13.8 Å². The van der Waals surface area contributed by atoms with Crippen LogP contribution in [0.4, 0.5) is 5.95 Å². The van der Waals surface area contributed by atoms with Gasteiger partial charge in [-0.1, -0.05) is 30.3 Å². The highest BCUT2D eigenvalue weighted by molar-refractivity contribution is 5.87. The molecule has 4 heterocycles. The predicted octanol–water partition coefficient (Wildman–Crippen LogP) is 1.14. The van der Waals surface area contributed by atoms with Gasteiger partial charge in [0.25, 0.3) is 5.56 Å². The molecule has 2 aliphatic rings. The lowest BCUT2D eigenvalue weighted by Crippen LogP contribution is -2.54. The van der Waals surface area contributed by atoms with Crippen LogP contribution in [-0.4, -0.2) is 62.9 Å². The van der Waals surface area contributed by atoms with Crippen molar-refractivity contribution in [3.63, 3.8) is 0 Å². The summed E-state index contributed by atoms with van der Waals surface area (Å²) in [5.41, 5.74) is -0.240. The molecule has 2 bridgehead atoms. The van der Waals surface area contributed by atoms with Crippen molar-refractivity contribution in [1.29, 1.82) is 0 Å². The molecule has 2 aliphatic heterocycles. The first-order valence-corrected chi connectivity index (χ1v) is 11.2. The molecule has 35 heavy (non-hydrogen) atoms. The topological polar surface area (TPSA) is 147 Å². The number of rotatable bonds is 7. The van der Waals surface area contributed by atoms with Gasteiger partial charge in [0.2, 0.25) is 11.9 Å². The Balaban J connectivity index is 1.50. The van der Waals surface area contributed by atoms with Crippen LogP contribution in [0.3, 0.4) is 0 Å². The number of fused-ring (bicyclic) bond motifs is 3. The normalized spacial score (nSPS) is 25.5. The molecule has 12 nitrogen and oxygen atoms in total. The molecule has 0 saturated carbocycles.